The van der Waals surface area contributed by atoms with Crippen molar-refractivity contribution in [1.82, 2.24) is 4.90 Å². The van der Waals surface area contributed by atoms with Gasteiger partial charge in [-0.05, 0) is 109 Å². The lowest BCUT2D eigenvalue weighted by atomic mass is 9.81. The maximum Gasteiger partial charge on any atom is 0.329 e. The molecule has 0 aromatic heterocycles. The van der Waals surface area contributed by atoms with Crippen LogP contribution in [-0.2, 0) is 42.9 Å². The van der Waals surface area contributed by atoms with Gasteiger partial charge in [0.25, 0.3) is 11.7 Å². The average Bonchev–Trinajstić information content (AvgIpc) is 3.18. The molecule has 58 heavy (non-hydrogen) atoms. The topological polar surface area (TPSA) is 184 Å². The third-order valence-corrected chi connectivity index (χ3v) is 13.1. The predicted molar refractivity (Wildman–Crippen MR) is 219 cm³/mol. The fraction of sp³-hybridized carbons (Fsp3) is 0.822. The number of aliphatic hydroxyl groups is 2. The molecule has 2 saturated heterocycles. The lowest BCUT2D eigenvalue weighted by Crippen LogP contribution is -2.64. The highest BCUT2D eigenvalue weighted by atomic mass is 16.7. The van der Waals surface area contributed by atoms with Gasteiger partial charge in [0.15, 0.2) is 0 Å². The Morgan fingerprint density at radius 3 is 2.31 bits per heavy atom. The number of nitrogens with zero attached hydrogens (tertiary/aromatic N) is 1. The third-order valence-electron chi connectivity index (χ3n) is 13.1. The van der Waals surface area contributed by atoms with Crippen molar-refractivity contribution in [3.63, 3.8) is 0 Å². The number of nitrogens with two attached hydrogens (primary N) is 1. The van der Waals surface area contributed by atoms with Crippen LogP contribution in [0, 0.1) is 29.6 Å². The molecule has 14 atom stereocenters. The van der Waals surface area contributed by atoms with Gasteiger partial charge in [-0.2, -0.15) is 0 Å². The molecule has 1 amide bonds. The van der Waals surface area contributed by atoms with Gasteiger partial charge in [-0.15, -0.1) is 0 Å². The smallest absolute Gasteiger partial charge is 0.329 e. The Morgan fingerprint density at radius 1 is 1.00 bits per heavy atom. The normalized spacial score (nSPS) is 40.7. The van der Waals surface area contributed by atoms with Gasteiger partial charge in [-0.25, -0.2) is 4.79 Å². The molecule has 13 nitrogen and oxygen atoms in total. The standard InChI is InChI=1S/C45H74N2O11/c1-11-32-19-26(4)18-27(5)20-38(54-9)41-39(55-10)22-29(7)45(53,58-41)42(50)43(51)47-17-13-12-14-34(47)44(52)57-40(30(8)35(48)24-36(32)49)28(6)21-31-15-16-33(46)37(23-31)56-25(2)3/h19,21,25,27,29-35,37-41,48,53H,11-18,20,22-24,46H2,1-10H3/b26-19+,28-21?. The zero-order chi connectivity index (χ0) is 43.1. The Balaban J connectivity index is 1.76. The summed E-state index contributed by atoms with van der Waals surface area (Å²) in [6.45, 7) is 15.3. The van der Waals surface area contributed by atoms with Crippen LogP contribution in [0.3, 0.4) is 0 Å². The molecule has 3 fully saturated rings. The molecule has 4 N–H and O–H groups in total. The van der Waals surface area contributed by atoms with E-state index in [1.54, 1.807) is 13.8 Å². The van der Waals surface area contributed by atoms with Gasteiger partial charge in [-0.3, -0.25) is 14.4 Å². The van der Waals surface area contributed by atoms with Gasteiger partial charge in [0.2, 0.25) is 5.79 Å². The van der Waals surface area contributed by atoms with Gasteiger partial charge in [0.05, 0.1) is 30.5 Å². The Bertz CT molecular complexity index is 1480. The second-order valence-corrected chi connectivity index (χ2v) is 18.2. The first-order valence-corrected chi connectivity index (χ1v) is 21.8. The second-order valence-electron chi connectivity index (χ2n) is 18.2. The van der Waals surface area contributed by atoms with Crippen LogP contribution in [0.1, 0.15) is 126 Å². The number of esters is 1. The summed E-state index contributed by atoms with van der Waals surface area (Å²) in [5, 5.41) is 23.8. The van der Waals surface area contributed by atoms with Crippen LogP contribution in [0.2, 0.25) is 0 Å². The van der Waals surface area contributed by atoms with E-state index in [9.17, 15) is 29.4 Å². The highest BCUT2D eigenvalue weighted by molar-refractivity contribution is 6.39. The Morgan fingerprint density at radius 2 is 1.67 bits per heavy atom. The molecule has 1 saturated carbocycles. The molecule has 2 bridgehead atoms. The summed E-state index contributed by atoms with van der Waals surface area (Å²) < 4.78 is 30.5. The van der Waals surface area contributed by atoms with E-state index in [2.05, 4.69) is 13.0 Å². The molecule has 0 aromatic rings. The van der Waals surface area contributed by atoms with Gasteiger partial charge in [0, 0.05) is 51.0 Å². The summed E-state index contributed by atoms with van der Waals surface area (Å²) >= 11 is 0. The molecule has 0 radical (unpaired) electrons. The lowest BCUT2D eigenvalue weighted by Gasteiger charge is -2.47. The SMILES string of the molecule is CCC1/C=C(\C)CC(C)CC(OC)C2OC(O)(C(=O)C(=O)N3CCCCC3C(=O)OC(C(C)=CC3CCC(N)C(OC(C)C)C3)C(C)C(O)CC1=O)C(C)CC2OC. The number of rotatable bonds is 7. The van der Waals surface area contributed by atoms with Crippen LogP contribution in [-0.4, -0.2) is 120 Å². The maximum atomic E-state index is 14.4. The van der Waals surface area contributed by atoms with Crippen molar-refractivity contribution < 1.29 is 53.1 Å². The van der Waals surface area contributed by atoms with Gasteiger partial charge in [-0.1, -0.05) is 45.4 Å². The maximum absolute atomic E-state index is 14.4. The molecule has 3 heterocycles. The third kappa shape index (κ3) is 11.6. The molecule has 1 aliphatic carbocycles. The number of hydrogen-bond acceptors (Lipinski definition) is 12. The Hall–Kier alpha value is -2.52. The number of carbonyl (C=O) groups excluding carboxylic acids is 4. The minimum Gasteiger partial charge on any atom is -0.456 e. The molecular formula is C45H74N2O11. The number of allylic oxidation sites excluding steroid dienone is 3. The number of Topliss-reactive ketones (excluding diaryl/α,β-unsaturated/α-hetero) is 2. The van der Waals surface area contributed by atoms with E-state index in [0.717, 1.165) is 18.4 Å². The predicted octanol–water partition coefficient (Wildman–Crippen LogP) is 5.22. The first-order chi connectivity index (χ1) is 27.3. The zero-order valence-electron chi connectivity index (χ0n) is 36.8. The first kappa shape index (κ1) is 48.1. The number of hydrogen-bond donors (Lipinski definition) is 3. The minimum atomic E-state index is -2.49. The second kappa shape index (κ2) is 21.3. The molecular weight excluding hydrogens is 744 g/mol. The fourth-order valence-corrected chi connectivity index (χ4v) is 9.68. The number of cyclic esters (lactones) is 1. The van der Waals surface area contributed by atoms with Crippen LogP contribution in [0.5, 0.6) is 0 Å². The van der Waals surface area contributed by atoms with Crippen LogP contribution in [0.4, 0.5) is 0 Å². The summed E-state index contributed by atoms with van der Waals surface area (Å²) in [5.41, 5.74) is 8.15. The molecule has 14 unspecified atom stereocenters. The van der Waals surface area contributed by atoms with Crippen molar-refractivity contribution >= 4 is 23.4 Å². The number of amides is 1. The van der Waals surface area contributed by atoms with Crippen molar-refractivity contribution in [2.75, 3.05) is 20.8 Å². The van der Waals surface area contributed by atoms with Crippen LogP contribution >= 0.6 is 0 Å². The van der Waals surface area contributed by atoms with Crippen LogP contribution in [0.25, 0.3) is 0 Å². The van der Waals surface area contributed by atoms with Crippen LogP contribution in [0.15, 0.2) is 23.3 Å². The number of piperidine rings is 1. The van der Waals surface area contributed by atoms with E-state index in [-0.39, 0.29) is 61.7 Å². The minimum absolute atomic E-state index is 0.00940. The van der Waals surface area contributed by atoms with Crippen molar-refractivity contribution in [1.29, 1.82) is 0 Å². The van der Waals surface area contributed by atoms with Gasteiger partial charge < -0.3 is 44.5 Å². The van der Waals surface area contributed by atoms with E-state index in [0.29, 0.717) is 44.1 Å². The van der Waals surface area contributed by atoms with E-state index in [1.807, 2.05) is 40.7 Å². The number of fused-ring (bicyclic) bond motifs is 3. The summed E-state index contributed by atoms with van der Waals surface area (Å²) in [6.07, 6.45) is 5.21. The van der Waals surface area contributed by atoms with Gasteiger partial charge in [0.1, 0.15) is 24.0 Å². The highest BCUT2D eigenvalue weighted by Crippen LogP contribution is 2.39. The molecule has 4 aliphatic rings. The molecule has 3 aliphatic heterocycles. The van der Waals surface area contributed by atoms with E-state index in [1.165, 1.54) is 19.1 Å². The van der Waals surface area contributed by atoms with Crippen molar-refractivity contribution in [2.24, 2.45) is 35.3 Å². The van der Waals surface area contributed by atoms with Crippen molar-refractivity contribution in [3.8, 4) is 0 Å². The summed E-state index contributed by atoms with van der Waals surface area (Å²) in [5.74, 6) is -7.32. The molecule has 13 heteroatoms. The van der Waals surface area contributed by atoms with E-state index in [4.69, 9.17) is 29.4 Å². The van der Waals surface area contributed by atoms with Crippen molar-refractivity contribution in [2.45, 2.75) is 187 Å². The summed E-state index contributed by atoms with van der Waals surface area (Å²) in [7, 11) is 3.08. The fourth-order valence-electron chi connectivity index (χ4n) is 9.68. The van der Waals surface area contributed by atoms with Gasteiger partial charge >= 0.3 is 5.97 Å². The largest absolute Gasteiger partial charge is 0.456 e. The number of methoxy groups -OCH3 is 2. The number of carbonyl (C=O) groups is 4. The quantitative estimate of drug-likeness (QED) is 0.173. The Kier molecular flexibility index (Phi) is 17.7. The van der Waals surface area contributed by atoms with Crippen LogP contribution < -0.4 is 5.73 Å². The summed E-state index contributed by atoms with van der Waals surface area (Å²) in [4.78, 5) is 57.9. The summed E-state index contributed by atoms with van der Waals surface area (Å²) in [6, 6.07) is -1.21. The monoisotopic (exact) mass is 819 g/mol. The average molecular weight is 819 g/mol. The molecule has 0 spiro atoms. The first-order valence-electron chi connectivity index (χ1n) is 21.8. The molecule has 330 valence electrons. The zero-order valence-corrected chi connectivity index (χ0v) is 36.8. The highest BCUT2D eigenvalue weighted by Gasteiger charge is 2.56. The molecule has 4 rings (SSSR count). The number of aliphatic hydroxyl groups excluding tert-OH is 1. The Labute approximate surface area is 346 Å². The number of ketones is 2. The van der Waals surface area contributed by atoms with E-state index < -0.39 is 77.8 Å². The molecule has 0 aromatic carbocycles. The van der Waals surface area contributed by atoms with E-state index >= 15 is 0 Å². The lowest BCUT2D eigenvalue weighted by molar-refractivity contribution is -0.302. The van der Waals surface area contributed by atoms with Crippen molar-refractivity contribution in [3.05, 3.63) is 23.3 Å². The number of ether oxygens (including phenoxy) is 5.